The second-order valence-electron chi connectivity index (χ2n) is 3.77. The van der Waals surface area contributed by atoms with Crippen LogP contribution in [0.3, 0.4) is 0 Å². The van der Waals surface area contributed by atoms with E-state index in [4.69, 9.17) is 5.73 Å². The van der Waals surface area contributed by atoms with Crippen LogP contribution in [0.2, 0.25) is 0 Å². The van der Waals surface area contributed by atoms with Crippen LogP contribution in [-0.2, 0) is 16.0 Å². The fraction of sp³-hybridized carbons (Fsp3) is 0.0909. The quantitative estimate of drug-likeness (QED) is 0.855. The first-order chi connectivity index (χ1) is 8.19. The first-order valence-electron chi connectivity index (χ1n) is 4.81. The van der Waals surface area contributed by atoms with Crippen molar-refractivity contribution in [1.82, 2.24) is 0 Å². The predicted octanol–water partition coefficient (Wildman–Crippen LogP) is 2.27. The van der Waals surface area contributed by atoms with Crippen molar-refractivity contribution in [3.05, 3.63) is 51.9 Å². The highest BCUT2D eigenvalue weighted by Crippen LogP contribution is 2.32. The number of allylic oxidation sites excluding steroid dienone is 1. The van der Waals surface area contributed by atoms with E-state index in [2.05, 4.69) is 0 Å². The summed E-state index contributed by atoms with van der Waals surface area (Å²) in [5.74, 6) is 0. The second kappa shape index (κ2) is 3.88. The molecule has 1 aliphatic heterocycles. The Bertz CT molecular complexity index is 640. The van der Waals surface area contributed by atoms with E-state index >= 15 is 0 Å². The summed E-state index contributed by atoms with van der Waals surface area (Å²) in [6, 6.07) is 4.15. The van der Waals surface area contributed by atoms with Gasteiger partial charge in [0.15, 0.2) is 9.84 Å². The Morgan fingerprint density at radius 2 is 1.56 bits per heavy atom. The summed E-state index contributed by atoms with van der Waals surface area (Å²) in [5, 5.41) is 1.81. The van der Waals surface area contributed by atoms with Crippen molar-refractivity contribution >= 4 is 15.4 Å². The average Bonchev–Trinajstić information content (AvgIpc) is 2.51. The van der Waals surface area contributed by atoms with E-state index in [0.29, 0.717) is 5.56 Å². The maximum absolute atomic E-state index is 12.3. The molecule has 1 aliphatic rings. The van der Waals surface area contributed by atoms with Gasteiger partial charge in [-0.05, 0) is 17.7 Å². The molecule has 1 aromatic carbocycles. The SMILES string of the molecule is NC1=CS(=O)(=O)C=C1c1ccc(C(F)(F)F)cc1. The number of rotatable bonds is 1. The summed E-state index contributed by atoms with van der Waals surface area (Å²) < 4.78 is 59.5. The van der Waals surface area contributed by atoms with Crippen molar-refractivity contribution in [2.45, 2.75) is 6.18 Å². The Hall–Kier alpha value is -1.76. The van der Waals surface area contributed by atoms with Gasteiger partial charge in [-0.15, -0.1) is 0 Å². The molecule has 0 spiro atoms. The van der Waals surface area contributed by atoms with E-state index in [0.717, 1.165) is 22.9 Å². The summed E-state index contributed by atoms with van der Waals surface area (Å²) in [6.07, 6.45) is -4.42. The van der Waals surface area contributed by atoms with Gasteiger partial charge in [-0.25, -0.2) is 8.42 Å². The van der Waals surface area contributed by atoms with Gasteiger partial charge in [-0.1, -0.05) is 12.1 Å². The molecule has 96 valence electrons. The van der Waals surface area contributed by atoms with Crippen LogP contribution in [-0.4, -0.2) is 8.42 Å². The Kier molecular flexibility index (Phi) is 2.73. The van der Waals surface area contributed by atoms with Crippen LogP contribution in [0, 0.1) is 0 Å². The number of hydrogen-bond acceptors (Lipinski definition) is 3. The van der Waals surface area contributed by atoms with Crippen LogP contribution in [0.15, 0.2) is 40.8 Å². The molecule has 0 atom stereocenters. The minimum Gasteiger partial charge on any atom is -0.398 e. The fourth-order valence-electron chi connectivity index (χ4n) is 1.58. The molecule has 1 aromatic rings. The number of hydrogen-bond donors (Lipinski definition) is 1. The maximum atomic E-state index is 12.3. The third kappa shape index (κ3) is 2.40. The van der Waals surface area contributed by atoms with E-state index in [9.17, 15) is 21.6 Å². The molecule has 2 N–H and O–H groups in total. The fourth-order valence-corrected chi connectivity index (χ4v) is 2.73. The Morgan fingerprint density at radius 3 is 1.94 bits per heavy atom. The molecule has 1 heterocycles. The summed E-state index contributed by atoms with van der Waals surface area (Å²) in [4.78, 5) is 0. The van der Waals surface area contributed by atoms with E-state index in [-0.39, 0.29) is 11.3 Å². The number of nitrogens with two attached hydrogens (primary N) is 1. The highest BCUT2D eigenvalue weighted by atomic mass is 32.2. The number of sulfone groups is 1. The van der Waals surface area contributed by atoms with Crippen LogP contribution in [0.4, 0.5) is 13.2 Å². The lowest BCUT2D eigenvalue weighted by atomic mass is 10.0. The van der Waals surface area contributed by atoms with Crippen molar-refractivity contribution in [3.63, 3.8) is 0 Å². The van der Waals surface area contributed by atoms with Crippen LogP contribution >= 0.6 is 0 Å². The monoisotopic (exact) mass is 275 g/mol. The average molecular weight is 275 g/mol. The molecule has 0 unspecified atom stereocenters. The zero-order valence-electron chi connectivity index (χ0n) is 8.90. The van der Waals surface area contributed by atoms with Gasteiger partial charge in [0, 0.05) is 11.0 Å². The van der Waals surface area contributed by atoms with Gasteiger partial charge in [-0.3, -0.25) is 0 Å². The van der Waals surface area contributed by atoms with Crippen molar-refractivity contribution in [2.24, 2.45) is 5.73 Å². The number of halogens is 3. The minimum atomic E-state index is -4.42. The third-order valence-corrected chi connectivity index (χ3v) is 3.55. The lowest BCUT2D eigenvalue weighted by molar-refractivity contribution is -0.137. The van der Waals surface area contributed by atoms with Crippen molar-refractivity contribution in [3.8, 4) is 0 Å². The van der Waals surface area contributed by atoms with Crippen LogP contribution < -0.4 is 5.73 Å². The lowest BCUT2D eigenvalue weighted by Gasteiger charge is -2.08. The highest BCUT2D eigenvalue weighted by molar-refractivity contribution is 7.97. The molecular formula is C11H8F3NO2S. The number of alkyl halides is 3. The lowest BCUT2D eigenvalue weighted by Crippen LogP contribution is -2.05. The summed E-state index contributed by atoms with van der Waals surface area (Å²) >= 11 is 0. The van der Waals surface area contributed by atoms with Crippen LogP contribution in [0.1, 0.15) is 11.1 Å². The Morgan fingerprint density at radius 1 is 1.00 bits per heavy atom. The van der Waals surface area contributed by atoms with Gasteiger partial charge in [0.2, 0.25) is 0 Å². The molecule has 0 radical (unpaired) electrons. The first-order valence-corrected chi connectivity index (χ1v) is 6.42. The van der Waals surface area contributed by atoms with Gasteiger partial charge in [0.25, 0.3) is 0 Å². The smallest absolute Gasteiger partial charge is 0.398 e. The maximum Gasteiger partial charge on any atom is 0.416 e. The van der Waals surface area contributed by atoms with E-state index < -0.39 is 21.6 Å². The molecule has 3 nitrogen and oxygen atoms in total. The van der Waals surface area contributed by atoms with E-state index in [1.165, 1.54) is 12.1 Å². The first kappa shape index (κ1) is 12.7. The van der Waals surface area contributed by atoms with Crippen molar-refractivity contribution in [2.75, 3.05) is 0 Å². The minimum absolute atomic E-state index is 0.0229. The van der Waals surface area contributed by atoms with E-state index in [1.807, 2.05) is 0 Å². The molecule has 0 saturated heterocycles. The molecule has 0 bridgehead atoms. The Labute approximate surface area is 101 Å². The summed E-state index contributed by atoms with van der Waals surface area (Å²) in [6.45, 7) is 0. The molecule has 0 fully saturated rings. The van der Waals surface area contributed by atoms with Gasteiger partial charge in [-0.2, -0.15) is 13.2 Å². The largest absolute Gasteiger partial charge is 0.416 e. The molecule has 0 saturated carbocycles. The Balaban J connectivity index is 2.42. The van der Waals surface area contributed by atoms with Gasteiger partial charge in [0.05, 0.1) is 16.7 Å². The van der Waals surface area contributed by atoms with Gasteiger partial charge >= 0.3 is 6.18 Å². The van der Waals surface area contributed by atoms with Gasteiger partial charge < -0.3 is 5.73 Å². The number of benzene rings is 1. The normalized spacial score (nSPS) is 18.4. The second-order valence-corrected chi connectivity index (χ2v) is 5.42. The molecule has 0 aromatic heterocycles. The van der Waals surface area contributed by atoms with Crippen LogP contribution in [0.5, 0.6) is 0 Å². The standard InChI is InChI=1S/C11H8F3NO2S/c12-11(13,14)8-3-1-7(2-4-8)9-5-18(16,17)6-10(9)15/h1-6H,15H2. The summed E-state index contributed by atoms with van der Waals surface area (Å²) in [7, 11) is -3.50. The van der Waals surface area contributed by atoms with Crippen molar-refractivity contribution < 1.29 is 21.6 Å². The highest BCUT2D eigenvalue weighted by Gasteiger charge is 2.30. The molecule has 0 aliphatic carbocycles. The molecule has 2 rings (SSSR count). The topological polar surface area (TPSA) is 60.2 Å². The molecule has 7 heteroatoms. The molecular weight excluding hydrogens is 267 g/mol. The predicted molar refractivity (Wildman–Crippen MR) is 60.6 cm³/mol. The third-order valence-electron chi connectivity index (χ3n) is 2.41. The van der Waals surface area contributed by atoms with E-state index in [1.54, 1.807) is 0 Å². The zero-order valence-corrected chi connectivity index (χ0v) is 9.72. The molecule has 0 amide bonds. The molecule has 18 heavy (non-hydrogen) atoms. The van der Waals surface area contributed by atoms with Gasteiger partial charge in [0.1, 0.15) is 0 Å². The summed E-state index contributed by atoms with van der Waals surface area (Å²) in [5.41, 5.74) is 5.27. The van der Waals surface area contributed by atoms with Crippen molar-refractivity contribution in [1.29, 1.82) is 0 Å². The van der Waals surface area contributed by atoms with Crippen LogP contribution in [0.25, 0.3) is 5.57 Å². The zero-order chi connectivity index (χ0) is 13.6.